The monoisotopic (exact) mass is 907 g/mol. The number of H-pyrrole nitrogens is 1. The fraction of sp³-hybridized carbons (Fsp3) is 0.340. The Kier molecular flexibility index (Phi) is 18.1. The minimum atomic E-state index is -1.79. The number of carbonyl (C=O) groups excluding carboxylic acids is 4. The van der Waals surface area contributed by atoms with Crippen LogP contribution >= 0.6 is 0 Å². The predicted octanol–water partition coefficient (Wildman–Crippen LogP) is 3.19. The van der Waals surface area contributed by atoms with Crippen LogP contribution in [0.1, 0.15) is 80.8 Å². The number of aromatic nitrogens is 3. The number of rotatable bonds is 26. The molecule has 2 aliphatic heterocycles. The number of aromatic amines is 1. The number of fused-ring (bicyclic) bond motifs is 1. The number of benzene rings is 3. The lowest BCUT2D eigenvalue weighted by atomic mass is 10.1. The Labute approximate surface area is 379 Å². The lowest BCUT2D eigenvalue weighted by Crippen LogP contribution is -2.57. The molecule has 0 fully saturated rings. The van der Waals surface area contributed by atoms with Crippen LogP contribution in [0, 0.1) is 0 Å². The summed E-state index contributed by atoms with van der Waals surface area (Å²) in [6.07, 6.45) is 2.58. The fourth-order valence-corrected chi connectivity index (χ4v) is 7.12. The maximum Gasteiger partial charge on any atom is 0.305 e. The Balaban J connectivity index is 1.11. The van der Waals surface area contributed by atoms with Crippen LogP contribution in [0.25, 0.3) is 17.1 Å². The lowest BCUT2D eigenvalue weighted by Gasteiger charge is -2.24. The van der Waals surface area contributed by atoms with Gasteiger partial charge in [-0.15, -0.1) is 0 Å². The van der Waals surface area contributed by atoms with Gasteiger partial charge < -0.3 is 46.3 Å². The van der Waals surface area contributed by atoms with Crippen LogP contribution in [0.3, 0.4) is 0 Å². The molecule has 0 radical (unpaired) electrons. The van der Waals surface area contributed by atoms with Gasteiger partial charge in [-0.25, -0.2) is 4.98 Å². The van der Waals surface area contributed by atoms with Gasteiger partial charge in [0, 0.05) is 38.9 Å². The number of amides is 4. The quantitative estimate of drug-likeness (QED) is 0.0371. The summed E-state index contributed by atoms with van der Waals surface area (Å²) >= 11 is 0. The molecular formula is C47H53N7O12. The van der Waals surface area contributed by atoms with Crippen LogP contribution in [0.5, 0.6) is 5.75 Å². The zero-order chi connectivity index (χ0) is 47.6. The molecule has 4 amide bonds. The van der Waals surface area contributed by atoms with Gasteiger partial charge in [0.25, 0.3) is 5.56 Å². The Bertz CT molecular complexity index is 2490. The van der Waals surface area contributed by atoms with Crippen LogP contribution in [0.4, 0.5) is 0 Å². The molecule has 2 aliphatic rings. The molecule has 3 aromatic rings. The van der Waals surface area contributed by atoms with Gasteiger partial charge in [0.15, 0.2) is 5.82 Å². The summed E-state index contributed by atoms with van der Waals surface area (Å²) in [4.78, 5) is 107. The van der Waals surface area contributed by atoms with Crippen LogP contribution in [0.15, 0.2) is 95.9 Å². The maximum atomic E-state index is 13.8. The van der Waals surface area contributed by atoms with E-state index in [0.717, 1.165) is 41.4 Å². The van der Waals surface area contributed by atoms with Gasteiger partial charge >= 0.3 is 17.9 Å². The summed E-state index contributed by atoms with van der Waals surface area (Å²) in [5.41, 5.74) is 4.69. The van der Waals surface area contributed by atoms with Crippen molar-refractivity contribution < 1.29 is 53.6 Å². The number of unbranched alkanes of at least 4 members (excludes halogenated alkanes) is 3. The van der Waals surface area contributed by atoms with Crippen molar-refractivity contribution in [2.75, 3.05) is 13.2 Å². The molecule has 0 bridgehead atoms. The highest BCUT2D eigenvalue weighted by molar-refractivity contribution is 5.96. The van der Waals surface area contributed by atoms with E-state index in [2.05, 4.69) is 26.3 Å². The number of carboxylic acid groups (broad SMARTS) is 3. The number of hydrogen-bond acceptors (Lipinski definition) is 10. The second-order valence-corrected chi connectivity index (χ2v) is 15.6. The highest BCUT2D eigenvalue weighted by atomic mass is 16.5. The summed E-state index contributed by atoms with van der Waals surface area (Å²) in [6, 6.07) is 22.4. The summed E-state index contributed by atoms with van der Waals surface area (Å²) < 4.78 is 7.63. The molecule has 0 aromatic heterocycles. The molecule has 0 saturated carbocycles. The van der Waals surface area contributed by atoms with Crippen LogP contribution in [-0.4, -0.2) is 103 Å². The predicted molar refractivity (Wildman–Crippen MR) is 239 cm³/mol. The van der Waals surface area contributed by atoms with Crippen molar-refractivity contribution in [2.24, 2.45) is 0 Å². The zero-order valence-electron chi connectivity index (χ0n) is 36.3. The molecule has 348 valence electrons. The number of carbonyl (C=O) groups is 7. The van der Waals surface area contributed by atoms with E-state index in [4.69, 9.17) is 14.8 Å². The average molecular weight is 908 g/mol. The molecular weight excluding hydrogens is 855 g/mol. The van der Waals surface area contributed by atoms with Crippen LogP contribution in [0.2, 0.25) is 0 Å². The Hall–Kier alpha value is -7.83. The van der Waals surface area contributed by atoms with Crippen molar-refractivity contribution in [1.82, 2.24) is 35.8 Å². The lowest BCUT2D eigenvalue weighted by molar-refractivity contribution is -0.143. The van der Waals surface area contributed by atoms with E-state index in [1.54, 1.807) is 10.8 Å². The van der Waals surface area contributed by atoms with E-state index in [9.17, 15) is 48.6 Å². The third-order valence-corrected chi connectivity index (χ3v) is 10.3. The van der Waals surface area contributed by atoms with Gasteiger partial charge in [0.2, 0.25) is 23.6 Å². The average Bonchev–Trinajstić information content (AvgIpc) is 3.59. The second kappa shape index (κ2) is 24.3. The second-order valence-electron chi connectivity index (χ2n) is 15.6. The Morgan fingerprint density at radius 1 is 0.697 bits per heavy atom. The third kappa shape index (κ3) is 15.2. The third-order valence-electron chi connectivity index (χ3n) is 10.3. The highest BCUT2D eigenvalue weighted by Crippen LogP contribution is 2.24. The standard InChI is InChI=1S/C47H53N7O12/c1-29(55)49-36(26-41(58)59)45(63)53-37(27-42(60)61)46(64)52-34(19-20-40(56)57)44(62)48-21-10-2-3-11-22-66-33-18-12-15-31(23-33)25-38-47(65)54-28-39(32-16-8-5-9-17-32)50-35(43(54)51-38)24-30-13-6-4-7-14-30/h4-9,12-18,23,28,34,36-37,50H,2-3,10-11,19-22,24-27H2,1H3,(H,48,62)(H,49,55)(H,52,64)(H,53,63)(H,56,57)(H,58,59)(H,60,61)/t34-,36-,37-/m0/s1. The first-order valence-corrected chi connectivity index (χ1v) is 21.4. The van der Waals surface area contributed by atoms with Gasteiger partial charge in [-0.05, 0) is 48.1 Å². The van der Waals surface area contributed by atoms with Crippen molar-refractivity contribution >= 4 is 41.5 Å². The summed E-state index contributed by atoms with van der Waals surface area (Å²) in [5.74, 6) is -6.79. The van der Waals surface area contributed by atoms with Crippen molar-refractivity contribution in [3.05, 3.63) is 124 Å². The largest absolute Gasteiger partial charge is 0.494 e. The molecule has 0 saturated heterocycles. The van der Waals surface area contributed by atoms with E-state index >= 15 is 0 Å². The van der Waals surface area contributed by atoms with E-state index in [-0.39, 0.29) is 18.5 Å². The summed E-state index contributed by atoms with van der Waals surface area (Å²) in [5, 5.41) is 36.9. The minimum absolute atomic E-state index is 0.175. The summed E-state index contributed by atoms with van der Waals surface area (Å²) in [6.45, 7) is 1.61. The topological polar surface area (TPSA) is 288 Å². The molecule has 2 heterocycles. The molecule has 8 N–H and O–H groups in total. The number of nitrogens with one attached hydrogen (secondary N) is 5. The van der Waals surface area contributed by atoms with Gasteiger partial charge in [-0.3, -0.25) is 42.9 Å². The van der Waals surface area contributed by atoms with Crippen molar-refractivity contribution in [2.45, 2.75) is 89.3 Å². The molecule has 66 heavy (non-hydrogen) atoms. The zero-order valence-corrected chi connectivity index (χ0v) is 36.3. The first kappa shape index (κ1) is 49.2. The molecule has 19 heteroatoms. The van der Waals surface area contributed by atoms with E-state index < -0.39 is 78.9 Å². The maximum absolute atomic E-state index is 13.8. The first-order valence-electron chi connectivity index (χ1n) is 21.4. The number of imidazole rings is 1. The number of hydrogen-bond donors (Lipinski definition) is 8. The normalized spacial score (nSPS) is 12.3. The minimum Gasteiger partial charge on any atom is -0.494 e. The fourth-order valence-electron chi connectivity index (χ4n) is 7.12. The van der Waals surface area contributed by atoms with Crippen molar-refractivity contribution in [3.8, 4) is 22.8 Å². The van der Waals surface area contributed by atoms with E-state index in [1.165, 1.54) is 0 Å². The number of ether oxygens (including phenoxy) is 1. The number of nitrogens with zero attached hydrogens (tertiary/aromatic N) is 2. The highest BCUT2D eigenvalue weighted by Gasteiger charge is 2.32. The molecule has 19 nitrogen and oxygen atoms in total. The van der Waals surface area contributed by atoms with Crippen LogP contribution < -0.4 is 31.6 Å². The van der Waals surface area contributed by atoms with Crippen molar-refractivity contribution in [3.63, 3.8) is 0 Å². The van der Waals surface area contributed by atoms with E-state index in [1.807, 2.05) is 84.9 Å². The smallest absolute Gasteiger partial charge is 0.305 e. The van der Waals surface area contributed by atoms with Gasteiger partial charge in [0.05, 0.1) is 30.8 Å². The van der Waals surface area contributed by atoms with Gasteiger partial charge in [-0.2, -0.15) is 0 Å². The Morgan fingerprint density at radius 2 is 1.32 bits per heavy atom. The first-order chi connectivity index (χ1) is 31.7. The van der Waals surface area contributed by atoms with Crippen LogP contribution in [-0.2, 0) is 46.4 Å². The summed E-state index contributed by atoms with van der Waals surface area (Å²) in [7, 11) is 0. The SMILES string of the molecule is CC(=O)N[C@@H](CC(=O)O)C(=O)N[C@@H](CC(=O)O)C(=O)N[C@@H](CCC(=O)O)C(=O)NCCCCCCOc1cccc(Cc2nc3c(Cc4ccccc4)[nH]c(-c4ccccc4)cn-3c2=O)c1. The van der Waals surface area contributed by atoms with Gasteiger partial charge in [0.1, 0.15) is 29.6 Å². The molecule has 0 aliphatic carbocycles. The number of carboxylic acids is 3. The molecule has 0 spiro atoms. The Morgan fingerprint density at radius 3 is 1.97 bits per heavy atom. The molecule has 3 atom stereocenters. The molecule has 5 rings (SSSR count). The van der Waals surface area contributed by atoms with Crippen molar-refractivity contribution in [1.29, 1.82) is 0 Å². The molecule has 0 unspecified atom stereocenters. The number of aliphatic carboxylic acids is 3. The van der Waals surface area contributed by atoms with E-state index in [0.29, 0.717) is 56.0 Å². The molecule has 3 aromatic carbocycles. The van der Waals surface area contributed by atoms with Gasteiger partial charge in [-0.1, -0.05) is 85.6 Å².